The van der Waals surface area contributed by atoms with Crippen LogP contribution in [0.3, 0.4) is 0 Å². The number of amidine groups is 2. The fraction of sp³-hybridized carbons (Fsp3) is 0.333. The molecule has 238 valence electrons. The molecule has 1 fully saturated rings. The molecule has 0 aliphatic carbocycles. The Labute approximate surface area is 245 Å². The van der Waals surface area contributed by atoms with Crippen LogP contribution in [-0.2, 0) is 19.1 Å². The van der Waals surface area contributed by atoms with Crippen LogP contribution >= 0.6 is 0 Å². The van der Waals surface area contributed by atoms with E-state index in [1.165, 1.54) is 19.1 Å². The van der Waals surface area contributed by atoms with Gasteiger partial charge in [-0.25, -0.2) is 4.79 Å². The minimum Gasteiger partial charge on any atom is -0.486 e. The number of alkyl halides is 6. The maximum atomic E-state index is 12.3. The van der Waals surface area contributed by atoms with Crippen molar-refractivity contribution in [3.8, 4) is 11.5 Å². The normalized spacial score (nSPS) is 12.8. The van der Waals surface area contributed by atoms with E-state index in [1.54, 1.807) is 30.3 Å². The zero-order valence-corrected chi connectivity index (χ0v) is 22.9. The number of halogens is 6. The van der Waals surface area contributed by atoms with E-state index >= 15 is 0 Å². The molecular weight excluding hydrogens is 606 g/mol. The molecule has 11 nitrogen and oxygen atoms in total. The molecule has 0 atom stereocenters. The van der Waals surface area contributed by atoms with E-state index in [1.807, 2.05) is 4.90 Å². The first kappa shape index (κ1) is 35.2. The van der Waals surface area contributed by atoms with Crippen LogP contribution in [-0.4, -0.2) is 78.7 Å². The highest BCUT2D eigenvalue weighted by Crippen LogP contribution is 2.29. The third-order valence-electron chi connectivity index (χ3n) is 5.62. The standard InChI is InChI=1S/C23H26N4O5.C4F6O2/c1-15(28)32-19-9-8-18(21(24)25)14-20(19)30-12-13-31-23(29)17-6-4-16(5-7-17)22(26)27-10-2-3-11-27;5-3(6,7)1(11)2(12)4(8,9)10/h4-9,14,26H,2-3,10-13H2,1H3,(H3,24,25);. The lowest BCUT2D eigenvalue weighted by molar-refractivity contribution is -0.193. The number of esters is 2. The van der Waals surface area contributed by atoms with Gasteiger partial charge in [0, 0.05) is 31.1 Å². The first-order valence-corrected chi connectivity index (χ1v) is 12.5. The van der Waals surface area contributed by atoms with E-state index < -0.39 is 35.9 Å². The van der Waals surface area contributed by atoms with Crippen LogP contribution in [0.1, 0.15) is 41.3 Å². The zero-order chi connectivity index (χ0) is 33.2. The highest BCUT2D eigenvalue weighted by molar-refractivity contribution is 6.41. The molecule has 0 radical (unpaired) electrons. The SMILES string of the molecule is CC(=O)Oc1ccc(C(=N)N)cc1OCCOC(=O)c1ccc(C(=N)N2CCCC2)cc1.O=C(C(=O)C(F)(F)F)C(F)(F)F. The van der Waals surface area contributed by atoms with Crippen molar-refractivity contribution in [1.29, 1.82) is 10.8 Å². The Bertz CT molecular complexity index is 1380. The van der Waals surface area contributed by atoms with Crippen LogP contribution < -0.4 is 15.2 Å². The molecule has 2 aromatic carbocycles. The summed E-state index contributed by atoms with van der Waals surface area (Å²) in [5.74, 6) is -7.13. The van der Waals surface area contributed by atoms with Crippen LogP contribution in [0.2, 0.25) is 0 Å². The molecule has 4 N–H and O–H groups in total. The van der Waals surface area contributed by atoms with Crippen molar-refractivity contribution < 1.29 is 59.7 Å². The number of hydrogen-bond donors (Lipinski definition) is 3. The van der Waals surface area contributed by atoms with E-state index in [9.17, 15) is 45.5 Å². The molecular formula is C27H26F6N4O7. The number of nitrogens with zero attached hydrogens (tertiary/aromatic N) is 1. The van der Waals surface area contributed by atoms with Crippen molar-refractivity contribution in [3.05, 3.63) is 59.2 Å². The number of nitrogen functional groups attached to an aromatic ring is 1. The van der Waals surface area contributed by atoms with Crippen molar-refractivity contribution in [1.82, 2.24) is 4.90 Å². The van der Waals surface area contributed by atoms with E-state index in [0.29, 0.717) is 17.0 Å². The van der Waals surface area contributed by atoms with Crippen molar-refractivity contribution in [2.45, 2.75) is 32.1 Å². The number of benzene rings is 2. The predicted octanol–water partition coefficient (Wildman–Crippen LogP) is 3.80. The molecule has 1 aliphatic rings. The van der Waals surface area contributed by atoms with Crippen LogP contribution in [0.4, 0.5) is 26.3 Å². The summed E-state index contributed by atoms with van der Waals surface area (Å²) in [4.78, 5) is 44.8. The molecule has 1 aliphatic heterocycles. The van der Waals surface area contributed by atoms with Crippen molar-refractivity contribution in [2.75, 3.05) is 26.3 Å². The highest BCUT2D eigenvalue weighted by Gasteiger charge is 2.54. The first-order valence-electron chi connectivity index (χ1n) is 12.5. The fourth-order valence-corrected chi connectivity index (χ4v) is 3.54. The summed E-state index contributed by atoms with van der Waals surface area (Å²) < 4.78 is 82.9. The Balaban J connectivity index is 0.000000477. The number of ether oxygens (including phenoxy) is 3. The maximum absolute atomic E-state index is 12.3. The van der Waals surface area contributed by atoms with Gasteiger partial charge >= 0.3 is 35.9 Å². The van der Waals surface area contributed by atoms with Gasteiger partial charge in [-0.3, -0.25) is 25.2 Å². The quantitative estimate of drug-likeness (QED) is 0.0707. The van der Waals surface area contributed by atoms with Gasteiger partial charge in [0.05, 0.1) is 5.56 Å². The number of nitrogens with two attached hydrogens (primary N) is 1. The fourth-order valence-electron chi connectivity index (χ4n) is 3.54. The monoisotopic (exact) mass is 632 g/mol. The van der Waals surface area contributed by atoms with E-state index in [0.717, 1.165) is 31.5 Å². The number of carbonyl (C=O) groups is 4. The van der Waals surface area contributed by atoms with Crippen molar-refractivity contribution in [3.63, 3.8) is 0 Å². The van der Waals surface area contributed by atoms with Crippen molar-refractivity contribution in [2.24, 2.45) is 5.73 Å². The number of ketones is 2. The van der Waals surface area contributed by atoms with Gasteiger partial charge in [0.15, 0.2) is 11.5 Å². The van der Waals surface area contributed by atoms with E-state index in [2.05, 4.69) is 0 Å². The van der Waals surface area contributed by atoms with Gasteiger partial charge in [-0.2, -0.15) is 26.3 Å². The third-order valence-corrected chi connectivity index (χ3v) is 5.62. The Morgan fingerprint density at radius 3 is 1.77 bits per heavy atom. The molecule has 3 rings (SSSR count). The average molecular weight is 633 g/mol. The first-order chi connectivity index (χ1) is 20.4. The van der Waals surface area contributed by atoms with Gasteiger partial charge in [-0.1, -0.05) is 12.1 Å². The van der Waals surface area contributed by atoms with Gasteiger partial charge in [0.2, 0.25) is 0 Å². The summed E-state index contributed by atoms with van der Waals surface area (Å²) in [7, 11) is 0. The summed E-state index contributed by atoms with van der Waals surface area (Å²) in [6.07, 6.45) is -9.36. The lowest BCUT2D eigenvalue weighted by Crippen LogP contribution is -2.39. The lowest BCUT2D eigenvalue weighted by atomic mass is 10.1. The number of Topliss-reactive ketones (excluding diaryl/α,β-unsaturated/α-hetero) is 2. The van der Waals surface area contributed by atoms with Crippen LogP contribution in [0, 0.1) is 10.8 Å². The average Bonchev–Trinajstić information content (AvgIpc) is 3.49. The van der Waals surface area contributed by atoms with Gasteiger partial charge in [-0.05, 0) is 43.2 Å². The van der Waals surface area contributed by atoms with Gasteiger partial charge in [0.25, 0.3) is 0 Å². The Morgan fingerprint density at radius 2 is 1.30 bits per heavy atom. The Kier molecular flexibility index (Phi) is 12.0. The summed E-state index contributed by atoms with van der Waals surface area (Å²) in [6, 6.07) is 11.3. The highest BCUT2D eigenvalue weighted by atomic mass is 19.4. The summed E-state index contributed by atoms with van der Waals surface area (Å²) in [6.45, 7) is 3.02. The van der Waals surface area contributed by atoms with E-state index in [4.69, 9.17) is 30.8 Å². The molecule has 44 heavy (non-hydrogen) atoms. The minimum absolute atomic E-state index is 0.0129. The number of hydrogen-bond acceptors (Lipinski definition) is 9. The molecule has 1 saturated heterocycles. The second-order valence-electron chi connectivity index (χ2n) is 8.93. The largest absolute Gasteiger partial charge is 0.486 e. The minimum atomic E-state index is -5.77. The third kappa shape index (κ3) is 10.4. The Hall–Kier alpha value is -4.96. The number of nitrogens with one attached hydrogen (secondary N) is 2. The second kappa shape index (κ2) is 15.0. The topological polar surface area (TPSA) is 173 Å². The van der Waals surface area contributed by atoms with Gasteiger partial charge in [0.1, 0.15) is 24.9 Å². The van der Waals surface area contributed by atoms with Crippen LogP contribution in [0.25, 0.3) is 0 Å². The van der Waals surface area contributed by atoms with Crippen LogP contribution in [0.15, 0.2) is 42.5 Å². The molecule has 0 amide bonds. The number of likely N-dealkylation sites (tertiary alicyclic amines) is 1. The maximum Gasteiger partial charge on any atom is 0.458 e. The molecule has 2 aromatic rings. The van der Waals surface area contributed by atoms with Crippen LogP contribution in [0.5, 0.6) is 11.5 Å². The van der Waals surface area contributed by atoms with Crippen molar-refractivity contribution >= 4 is 35.2 Å². The molecule has 0 bridgehead atoms. The molecule has 1 heterocycles. The number of rotatable bonds is 9. The second-order valence-corrected chi connectivity index (χ2v) is 8.93. The Morgan fingerprint density at radius 1 is 0.795 bits per heavy atom. The molecule has 0 spiro atoms. The molecule has 0 aromatic heterocycles. The lowest BCUT2D eigenvalue weighted by Gasteiger charge is -2.18. The molecule has 0 unspecified atom stereocenters. The summed E-state index contributed by atoms with van der Waals surface area (Å²) in [5.41, 5.74) is 7.04. The van der Waals surface area contributed by atoms with Gasteiger partial charge < -0.3 is 24.8 Å². The van der Waals surface area contributed by atoms with E-state index in [-0.39, 0.29) is 30.5 Å². The molecule has 0 saturated carbocycles. The summed E-state index contributed by atoms with van der Waals surface area (Å²) >= 11 is 0. The van der Waals surface area contributed by atoms with Gasteiger partial charge in [-0.15, -0.1) is 0 Å². The smallest absolute Gasteiger partial charge is 0.458 e. The zero-order valence-electron chi connectivity index (χ0n) is 22.9. The molecule has 17 heteroatoms. The number of carbonyl (C=O) groups excluding carboxylic acids is 4. The predicted molar refractivity (Wildman–Crippen MR) is 141 cm³/mol. The summed E-state index contributed by atoms with van der Waals surface area (Å²) in [5, 5.41) is 15.8.